The standard InChI is InChI=1S/C22H17FN4O6/c1-30-15-5-3-13(4-6-15)12-32-19-10-17-20(26-22(19)31-2)18(7-8-24-17)33-21-16(23)9-14(11-25-21)27(28)29/h3-11H,12H2,1-2H3. The summed E-state index contributed by atoms with van der Waals surface area (Å²) < 4.78 is 36.1. The predicted molar refractivity (Wildman–Crippen MR) is 114 cm³/mol. The van der Waals surface area contributed by atoms with Gasteiger partial charge < -0.3 is 18.9 Å². The van der Waals surface area contributed by atoms with Gasteiger partial charge in [-0.3, -0.25) is 15.1 Å². The summed E-state index contributed by atoms with van der Waals surface area (Å²) in [6.45, 7) is 0.252. The minimum absolute atomic E-state index is 0.139. The summed E-state index contributed by atoms with van der Waals surface area (Å²) in [7, 11) is 3.02. The molecule has 4 rings (SSSR count). The fourth-order valence-electron chi connectivity index (χ4n) is 2.92. The molecule has 168 valence electrons. The van der Waals surface area contributed by atoms with Gasteiger partial charge in [0.05, 0.1) is 30.7 Å². The maximum absolute atomic E-state index is 14.2. The first-order valence-corrected chi connectivity index (χ1v) is 9.55. The number of aromatic nitrogens is 3. The fraction of sp³-hybridized carbons (Fsp3) is 0.136. The smallest absolute Gasteiger partial charge is 0.290 e. The lowest BCUT2D eigenvalue weighted by Gasteiger charge is -2.13. The molecular weight excluding hydrogens is 435 g/mol. The van der Waals surface area contributed by atoms with E-state index in [0.717, 1.165) is 23.6 Å². The zero-order chi connectivity index (χ0) is 23.4. The number of nitro groups is 1. The number of ether oxygens (including phenoxy) is 4. The molecule has 0 amide bonds. The maximum atomic E-state index is 14.2. The van der Waals surface area contributed by atoms with Crippen molar-refractivity contribution in [3.05, 3.63) is 76.4 Å². The fourth-order valence-corrected chi connectivity index (χ4v) is 2.92. The average Bonchev–Trinajstić information content (AvgIpc) is 2.83. The van der Waals surface area contributed by atoms with Gasteiger partial charge in [-0.15, -0.1) is 0 Å². The Hall–Kier alpha value is -4.54. The highest BCUT2D eigenvalue weighted by Crippen LogP contribution is 2.35. The van der Waals surface area contributed by atoms with Gasteiger partial charge in [0.2, 0.25) is 0 Å². The second-order valence-electron chi connectivity index (χ2n) is 6.65. The Morgan fingerprint density at radius 2 is 1.79 bits per heavy atom. The molecule has 10 nitrogen and oxygen atoms in total. The normalized spacial score (nSPS) is 10.6. The third-order valence-corrected chi connectivity index (χ3v) is 4.56. The molecule has 0 N–H and O–H groups in total. The van der Waals surface area contributed by atoms with E-state index >= 15 is 0 Å². The molecule has 0 aliphatic rings. The molecule has 0 bridgehead atoms. The van der Waals surface area contributed by atoms with Crippen molar-refractivity contribution in [2.75, 3.05) is 14.2 Å². The van der Waals surface area contributed by atoms with E-state index in [1.165, 1.54) is 19.4 Å². The largest absolute Gasteiger partial charge is 0.497 e. The first-order valence-electron chi connectivity index (χ1n) is 9.55. The van der Waals surface area contributed by atoms with Crippen molar-refractivity contribution in [2.24, 2.45) is 0 Å². The van der Waals surface area contributed by atoms with E-state index < -0.39 is 22.3 Å². The molecule has 1 aromatic carbocycles. The van der Waals surface area contributed by atoms with Gasteiger partial charge in [-0.1, -0.05) is 12.1 Å². The molecule has 0 aliphatic carbocycles. The Bertz CT molecular complexity index is 1320. The molecule has 0 spiro atoms. The van der Waals surface area contributed by atoms with Crippen LogP contribution >= 0.6 is 0 Å². The maximum Gasteiger partial charge on any atom is 0.290 e. The Morgan fingerprint density at radius 1 is 1.00 bits per heavy atom. The Kier molecular flexibility index (Phi) is 6.11. The number of hydrogen-bond acceptors (Lipinski definition) is 9. The third kappa shape index (κ3) is 4.71. The molecule has 4 aromatic rings. The number of hydrogen-bond donors (Lipinski definition) is 0. The van der Waals surface area contributed by atoms with Crippen molar-refractivity contribution < 1.29 is 28.3 Å². The summed E-state index contributed by atoms with van der Waals surface area (Å²) in [4.78, 5) is 22.4. The molecule has 3 aromatic heterocycles. The molecule has 0 aliphatic heterocycles. The van der Waals surface area contributed by atoms with Crippen LogP contribution in [-0.2, 0) is 6.61 Å². The van der Waals surface area contributed by atoms with Crippen LogP contribution in [0.25, 0.3) is 11.0 Å². The van der Waals surface area contributed by atoms with Gasteiger partial charge in [0.1, 0.15) is 24.1 Å². The van der Waals surface area contributed by atoms with Crippen molar-refractivity contribution in [2.45, 2.75) is 6.61 Å². The van der Waals surface area contributed by atoms with Crippen molar-refractivity contribution in [1.29, 1.82) is 0 Å². The van der Waals surface area contributed by atoms with Crippen LogP contribution in [0.1, 0.15) is 5.56 Å². The molecule has 0 unspecified atom stereocenters. The molecule has 0 fully saturated rings. The third-order valence-electron chi connectivity index (χ3n) is 4.56. The molecule has 0 atom stereocenters. The molecule has 0 radical (unpaired) electrons. The zero-order valence-corrected chi connectivity index (χ0v) is 17.5. The molecule has 3 heterocycles. The van der Waals surface area contributed by atoms with Crippen molar-refractivity contribution >= 4 is 16.7 Å². The van der Waals surface area contributed by atoms with Crippen LogP contribution in [0.3, 0.4) is 0 Å². The number of benzene rings is 1. The minimum atomic E-state index is -0.986. The molecular formula is C22H17FN4O6. The Labute approximate surface area is 186 Å². The first kappa shape index (κ1) is 21.7. The average molecular weight is 452 g/mol. The number of halogens is 1. The Morgan fingerprint density at radius 3 is 2.45 bits per heavy atom. The van der Waals surface area contributed by atoms with Crippen LogP contribution in [0.5, 0.6) is 29.0 Å². The summed E-state index contributed by atoms with van der Waals surface area (Å²) in [6, 6.07) is 11.2. The van der Waals surface area contributed by atoms with Crippen molar-refractivity contribution in [3.8, 4) is 29.0 Å². The van der Waals surface area contributed by atoms with Crippen LogP contribution < -0.4 is 18.9 Å². The van der Waals surface area contributed by atoms with Gasteiger partial charge in [-0.2, -0.15) is 0 Å². The van der Waals surface area contributed by atoms with Gasteiger partial charge >= 0.3 is 0 Å². The van der Waals surface area contributed by atoms with Crippen molar-refractivity contribution in [1.82, 2.24) is 15.0 Å². The van der Waals surface area contributed by atoms with Crippen molar-refractivity contribution in [3.63, 3.8) is 0 Å². The van der Waals surface area contributed by atoms with E-state index in [1.807, 2.05) is 24.3 Å². The lowest BCUT2D eigenvalue weighted by molar-refractivity contribution is -0.385. The number of rotatable bonds is 8. The van der Waals surface area contributed by atoms with E-state index in [1.54, 1.807) is 13.2 Å². The second-order valence-corrected chi connectivity index (χ2v) is 6.65. The lowest BCUT2D eigenvalue weighted by Crippen LogP contribution is -2.01. The molecule has 11 heteroatoms. The van der Waals surface area contributed by atoms with E-state index in [0.29, 0.717) is 11.3 Å². The highest BCUT2D eigenvalue weighted by Gasteiger charge is 2.18. The van der Waals surface area contributed by atoms with Crippen LogP contribution in [0.2, 0.25) is 0 Å². The topological polar surface area (TPSA) is 119 Å². The highest BCUT2D eigenvalue weighted by molar-refractivity contribution is 5.83. The SMILES string of the molecule is COc1ccc(COc2cc3nccc(Oc4ncc([N+](=O)[O-])cc4F)c3nc2OC)cc1. The summed E-state index contributed by atoms with van der Waals surface area (Å²) in [6.07, 6.45) is 2.35. The monoisotopic (exact) mass is 452 g/mol. The summed E-state index contributed by atoms with van der Waals surface area (Å²) in [5.74, 6) is -0.0231. The van der Waals surface area contributed by atoms with E-state index in [-0.39, 0.29) is 23.8 Å². The first-order chi connectivity index (χ1) is 16.0. The number of nitrogens with zero attached hydrogens (tertiary/aromatic N) is 4. The van der Waals surface area contributed by atoms with E-state index in [2.05, 4.69) is 15.0 Å². The minimum Gasteiger partial charge on any atom is -0.497 e. The van der Waals surface area contributed by atoms with Gasteiger partial charge in [0, 0.05) is 18.3 Å². The van der Waals surface area contributed by atoms with Gasteiger partial charge in [-0.05, 0) is 17.7 Å². The van der Waals surface area contributed by atoms with Crippen LogP contribution in [0, 0.1) is 15.9 Å². The van der Waals surface area contributed by atoms with Gasteiger partial charge in [0.15, 0.2) is 17.3 Å². The quantitative estimate of drug-likeness (QED) is 0.282. The van der Waals surface area contributed by atoms with Crippen LogP contribution in [0.4, 0.5) is 10.1 Å². The zero-order valence-electron chi connectivity index (χ0n) is 17.5. The predicted octanol–water partition coefficient (Wildman–Crippen LogP) is 4.46. The summed E-state index contributed by atoms with van der Waals surface area (Å²) in [5.41, 5.74) is 1.09. The van der Waals surface area contributed by atoms with Gasteiger partial charge in [-0.25, -0.2) is 14.4 Å². The number of methoxy groups -OCH3 is 2. The highest BCUT2D eigenvalue weighted by atomic mass is 19.1. The van der Waals surface area contributed by atoms with Crippen LogP contribution in [0.15, 0.2) is 54.9 Å². The number of fused-ring (bicyclic) bond motifs is 1. The lowest BCUT2D eigenvalue weighted by atomic mass is 10.2. The van der Waals surface area contributed by atoms with E-state index in [9.17, 15) is 14.5 Å². The van der Waals surface area contributed by atoms with E-state index in [4.69, 9.17) is 18.9 Å². The molecule has 0 saturated heterocycles. The van der Waals surface area contributed by atoms with Crippen LogP contribution in [-0.4, -0.2) is 34.1 Å². The number of pyridine rings is 3. The second kappa shape index (κ2) is 9.30. The molecule has 33 heavy (non-hydrogen) atoms. The Balaban J connectivity index is 1.62. The molecule has 0 saturated carbocycles. The van der Waals surface area contributed by atoms with Gasteiger partial charge in [0.25, 0.3) is 17.4 Å². The summed E-state index contributed by atoms with van der Waals surface area (Å²) in [5, 5.41) is 10.8. The summed E-state index contributed by atoms with van der Waals surface area (Å²) >= 11 is 0.